The van der Waals surface area contributed by atoms with Crippen molar-refractivity contribution in [1.29, 1.82) is 0 Å². The van der Waals surface area contributed by atoms with Crippen LogP contribution >= 0.6 is 22.6 Å². The van der Waals surface area contributed by atoms with Gasteiger partial charge >= 0.3 is 12.0 Å². The molecule has 2 N–H and O–H groups in total. The first-order valence-electron chi connectivity index (χ1n) is 5.73. The zero-order valence-electron chi connectivity index (χ0n) is 10.5. The fourth-order valence-electron chi connectivity index (χ4n) is 1.87. The van der Waals surface area contributed by atoms with Gasteiger partial charge in [0.1, 0.15) is 11.8 Å². The van der Waals surface area contributed by atoms with Gasteiger partial charge in [0, 0.05) is 5.70 Å². The van der Waals surface area contributed by atoms with Crippen LogP contribution in [0.5, 0.6) is 0 Å². The Bertz CT molecular complexity index is 550. The Hall–Kier alpha value is -1.51. The van der Waals surface area contributed by atoms with Gasteiger partial charge in [-0.2, -0.15) is 0 Å². The molecule has 19 heavy (non-hydrogen) atoms. The lowest BCUT2D eigenvalue weighted by atomic mass is 10.0. The van der Waals surface area contributed by atoms with Gasteiger partial charge in [-0.15, -0.1) is 0 Å². The number of carbonyl (C=O) groups is 2. The average molecular weight is 376 g/mol. The summed E-state index contributed by atoms with van der Waals surface area (Å²) in [6, 6.07) is 2.49. The summed E-state index contributed by atoms with van der Waals surface area (Å²) in [6.07, 6.45) is 0. The smallest absolute Gasteiger partial charge is 0.338 e. The number of furan rings is 1. The Kier molecular flexibility index (Phi) is 4.13. The number of urea groups is 1. The van der Waals surface area contributed by atoms with Crippen molar-refractivity contribution >= 4 is 34.6 Å². The summed E-state index contributed by atoms with van der Waals surface area (Å²) >= 11 is 2.02. The van der Waals surface area contributed by atoms with Crippen molar-refractivity contribution in [1.82, 2.24) is 10.6 Å². The Balaban J connectivity index is 2.40. The van der Waals surface area contributed by atoms with E-state index in [4.69, 9.17) is 9.15 Å². The van der Waals surface area contributed by atoms with E-state index in [-0.39, 0.29) is 12.6 Å². The van der Waals surface area contributed by atoms with Crippen molar-refractivity contribution in [2.45, 2.75) is 19.9 Å². The van der Waals surface area contributed by atoms with Crippen LogP contribution in [0.15, 0.2) is 27.8 Å². The molecule has 1 unspecified atom stereocenters. The van der Waals surface area contributed by atoms with E-state index in [2.05, 4.69) is 10.6 Å². The first-order chi connectivity index (χ1) is 9.02. The number of carbonyl (C=O) groups excluding carboxylic acids is 2. The molecular weight excluding hydrogens is 363 g/mol. The minimum atomic E-state index is -0.628. The standard InChI is InChI=1S/C12H13IN2O4/c1-3-18-11(16)9-6(2)14-12(17)15-10(9)7-4-5-8(13)19-7/h4-5,10H,3H2,1-2H3,(H2,14,15,17). The summed E-state index contributed by atoms with van der Waals surface area (Å²) in [4.78, 5) is 23.5. The molecule has 0 bridgehead atoms. The second-order valence-electron chi connectivity index (χ2n) is 3.93. The third-order valence-corrected chi connectivity index (χ3v) is 3.22. The van der Waals surface area contributed by atoms with Gasteiger partial charge in [-0.05, 0) is 48.6 Å². The Morgan fingerprint density at radius 1 is 1.53 bits per heavy atom. The maximum absolute atomic E-state index is 12.0. The number of esters is 1. The molecule has 1 aliphatic heterocycles. The van der Waals surface area contributed by atoms with E-state index in [1.807, 2.05) is 22.6 Å². The number of rotatable bonds is 3. The molecular formula is C12H13IN2O4. The number of nitrogens with one attached hydrogen (secondary N) is 2. The molecule has 2 heterocycles. The molecule has 0 fully saturated rings. The molecule has 0 spiro atoms. The zero-order valence-corrected chi connectivity index (χ0v) is 12.6. The van der Waals surface area contributed by atoms with Crippen LogP contribution in [0.3, 0.4) is 0 Å². The second kappa shape index (κ2) is 5.64. The zero-order chi connectivity index (χ0) is 14.0. The molecule has 1 aliphatic rings. The second-order valence-corrected chi connectivity index (χ2v) is 5.00. The lowest BCUT2D eigenvalue weighted by molar-refractivity contribution is -0.139. The average Bonchev–Trinajstić information content (AvgIpc) is 2.75. The Morgan fingerprint density at radius 2 is 2.26 bits per heavy atom. The normalized spacial score (nSPS) is 18.9. The first kappa shape index (κ1) is 13.9. The number of ether oxygens (including phenoxy) is 1. The van der Waals surface area contributed by atoms with Gasteiger partial charge in [-0.25, -0.2) is 9.59 Å². The molecule has 0 radical (unpaired) electrons. The van der Waals surface area contributed by atoms with Crippen LogP contribution in [0.1, 0.15) is 25.6 Å². The van der Waals surface area contributed by atoms with E-state index >= 15 is 0 Å². The molecule has 1 atom stereocenters. The minimum Gasteiger partial charge on any atom is -0.463 e. The van der Waals surface area contributed by atoms with Crippen molar-refractivity contribution in [2.75, 3.05) is 6.61 Å². The molecule has 6 nitrogen and oxygen atoms in total. The summed E-state index contributed by atoms with van der Waals surface area (Å²) in [5.41, 5.74) is 0.825. The van der Waals surface area contributed by atoms with Gasteiger partial charge in [0.25, 0.3) is 0 Å². The summed E-state index contributed by atoms with van der Waals surface area (Å²) < 4.78 is 11.2. The van der Waals surface area contributed by atoms with Crippen LogP contribution in [0.4, 0.5) is 4.79 Å². The van der Waals surface area contributed by atoms with E-state index < -0.39 is 12.0 Å². The van der Waals surface area contributed by atoms with Crippen LogP contribution in [-0.4, -0.2) is 18.6 Å². The van der Waals surface area contributed by atoms with E-state index in [1.165, 1.54) is 0 Å². The van der Waals surface area contributed by atoms with Crippen molar-refractivity contribution in [3.05, 3.63) is 32.9 Å². The van der Waals surface area contributed by atoms with Crippen molar-refractivity contribution in [3.8, 4) is 0 Å². The largest absolute Gasteiger partial charge is 0.463 e. The van der Waals surface area contributed by atoms with Crippen molar-refractivity contribution in [2.24, 2.45) is 0 Å². The fourth-order valence-corrected chi connectivity index (χ4v) is 2.30. The highest BCUT2D eigenvalue weighted by atomic mass is 127. The van der Waals surface area contributed by atoms with Gasteiger partial charge in [-0.3, -0.25) is 0 Å². The fraction of sp³-hybridized carbons (Fsp3) is 0.333. The Morgan fingerprint density at radius 3 is 2.84 bits per heavy atom. The van der Waals surface area contributed by atoms with Crippen LogP contribution in [0.25, 0.3) is 0 Å². The number of halogens is 1. The SMILES string of the molecule is CCOC(=O)C1=C(C)NC(=O)NC1c1ccc(I)o1. The molecule has 0 saturated carbocycles. The predicted molar refractivity (Wildman–Crippen MR) is 75.2 cm³/mol. The Labute approximate surface area is 123 Å². The minimum absolute atomic E-state index is 0.270. The number of hydrogen-bond donors (Lipinski definition) is 2. The van der Waals surface area contributed by atoms with Gasteiger partial charge in [0.15, 0.2) is 3.77 Å². The van der Waals surface area contributed by atoms with Crippen LogP contribution in [-0.2, 0) is 9.53 Å². The molecule has 1 aromatic rings. The predicted octanol–water partition coefficient (Wildman–Crippen LogP) is 2.08. The van der Waals surface area contributed by atoms with Gasteiger partial charge < -0.3 is 19.8 Å². The molecule has 0 saturated heterocycles. The monoisotopic (exact) mass is 376 g/mol. The van der Waals surface area contributed by atoms with Crippen molar-refractivity contribution in [3.63, 3.8) is 0 Å². The van der Waals surface area contributed by atoms with Gasteiger partial charge in [0.2, 0.25) is 0 Å². The highest BCUT2D eigenvalue weighted by molar-refractivity contribution is 14.1. The molecule has 2 rings (SSSR count). The quantitative estimate of drug-likeness (QED) is 0.625. The highest BCUT2D eigenvalue weighted by Crippen LogP contribution is 2.29. The molecule has 1 aromatic heterocycles. The summed E-state index contributed by atoms with van der Waals surface area (Å²) in [7, 11) is 0. The van der Waals surface area contributed by atoms with Gasteiger partial charge in [0.05, 0.1) is 12.2 Å². The van der Waals surface area contributed by atoms with Crippen LogP contribution in [0, 0.1) is 3.77 Å². The van der Waals surface area contributed by atoms with Crippen molar-refractivity contribution < 1.29 is 18.7 Å². The molecule has 7 heteroatoms. The number of allylic oxidation sites excluding steroid dienone is 1. The lowest BCUT2D eigenvalue weighted by Crippen LogP contribution is -2.45. The summed E-state index contributed by atoms with van der Waals surface area (Å²) in [6.45, 7) is 3.66. The van der Waals surface area contributed by atoms with Gasteiger partial charge in [-0.1, -0.05) is 0 Å². The topological polar surface area (TPSA) is 80.6 Å². The summed E-state index contributed by atoms with van der Waals surface area (Å²) in [5, 5.41) is 5.22. The lowest BCUT2D eigenvalue weighted by Gasteiger charge is -2.26. The van der Waals surface area contributed by atoms with E-state index in [9.17, 15) is 9.59 Å². The maximum Gasteiger partial charge on any atom is 0.338 e. The summed E-state index contributed by atoms with van der Waals surface area (Å²) in [5.74, 6) is 0.0329. The van der Waals surface area contributed by atoms with Crippen LogP contribution in [0.2, 0.25) is 0 Å². The third-order valence-electron chi connectivity index (χ3n) is 2.64. The molecule has 0 aliphatic carbocycles. The van der Waals surface area contributed by atoms with E-state index in [0.717, 1.165) is 0 Å². The van der Waals surface area contributed by atoms with E-state index in [1.54, 1.807) is 26.0 Å². The van der Waals surface area contributed by atoms with E-state index in [0.29, 0.717) is 20.8 Å². The number of amides is 2. The molecule has 102 valence electrons. The molecule has 0 aromatic carbocycles. The highest BCUT2D eigenvalue weighted by Gasteiger charge is 2.33. The maximum atomic E-state index is 12.0. The number of hydrogen-bond acceptors (Lipinski definition) is 4. The first-order valence-corrected chi connectivity index (χ1v) is 6.81. The third kappa shape index (κ3) is 2.91. The molecule has 2 amide bonds. The van der Waals surface area contributed by atoms with Crippen LogP contribution < -0.4 is 10.6 Å².